The van der Waals surface area contributed by atoms with Crippen LogP contribution in [0.5, 0.6) is 0 Å². The van der Waals surface area contributed by atoms with Gasteiger partial charge in [0.05, 0.1) is 6.04 Å². The van der Waals surface area contributed by atoms with Gasteiger partial charge in [-0.3, -0.25) is 5.10 Å². The monoisotopic (exact) mass is 413 g/mol. The number of anilines is 3. The molecule has 154 valence electrons. The molecule has 3 aromatic rings. The summed E-state index contributed by atoms with van der Waals surface area (Å²) >= 11 is 0. The van der Waals surface area contributed by atoms with Crippen LogP contribution in [0.25, 0.3) is 0 Å². The second-order valence-electron chi connectivity index (χ2n) is 6.07. The van der Waals surface area contributed by atoms with Crippen molar-refractivity contribution < 1.29 is 22.0 Å². The highest BCUT2D eigenvalue weighted by molar-refractivity contribution is 5.50. The minimum Gasteiger partial charge on any atom is -0.347 e. The number of rotatable bonds is 6. The number of halogens is 5. The van der Waals surface area contributed by atoms with Gasteiger partial charge in [-0.2, -0.15) is 33.2 Å². The third kappa shape index (κ3) is 4.95. The predicted molar refractivity (Wildman–Crippen MR) is 94.5 cm³/mol. The van der Waals surface area contributed by atoms with Gasteiger partial charge in [0.15, 0.2) is 5.82 Å². The molecule has 0 fully saturated rings. The number of alkyl halides is 3. The molecule has 0 saturated heterocycles. The van der Waals surface area contributed by atoms with Crippen LogP contribution < -0.4 is 10.6 Å². The lowest BCUT2D eigenvalue weighted by Crippen LogP contribution is -2.14. The van der Waals surface area contributed by atoms with E-state index in [2.05, 4.69) is 30.7 Å². The van der Waals surface area contributed by atoms with Gasteiger partial charge in [-0.05, 0) is 13.0 Å². The highest BCUT2D eigenvalue weighted by atomic mass is 19.4. The van der Waals surface area contributed by atoms with Crippen LogP contribution in [0.1, 0.15) is 37.0 Å². The number of H-pyrrole nitrogens is 1. The average molecular weight is 413 g/mol. The number of nitrogens with one attached hydrogen (secondary N) is 3. The third-order valence-corrected chi connectivity index (χ3v) is 3.90. The van der Waals surface area contributed by atoms with Gasteiger partial charge in [0.25, 0.3) is 0 Å². The molecule has 0 aliphatic carbocycles. The van der Waals surface area contributed by atoms with Crippen molar-refractivity contribution in [1.29, 1.82) is 0 Å². The lowest BCUT2D eigenvalue weighted by Gasteiger charge is -2.16. The maximum absolute atomic E-state index is 14.0. The molecule has 0 aliphatic heterocycles. The van der Waals surface area contributed by atoms with Crippen LogP contribution in [0.3, 0.4) is 0 Å². The zero-order chi connectivity index (χ0) is 21.2. The Kier molecular flexibility index (Phi) is 5.62. The first-order valence-corrected chi connectivity index (χ1v) is 8.51. The smallest absolute Gasteiger partial charge is 0.347 e. The average Bonchev–Trinajstić information content (AvgIpc) is 3.10. The summed E-state index contributed by atoms with van der Waals surface area (Å²) in [6.45, 7) is 3.41. The number of hydrogen-bond donors (Lipinski definition) is 3. The molecule has 0 aliphatic rings. The van der Waals surface area contributed by atoms with E-state index in [1.165, 1.54) is 6.07 Å². The van der Waals surface area contributed by atoms with E-state index in [1.54, 1.807) is 13.8 Å². The molecule has 0 radical (unpaired) electrons. The first-order valence-electron chi connectivity index (χ1n) is 8.51. The van der Waals surface area contributed by atoms with Crippen molar-refractivity contribution in [3.05, 3.63) is 53.0 Å². The molecule has 2 aromatic heterocycles. The molecule has 1 aromatic carbocycles. The van der Waals surface area contributed by atoms with Crippen LogP contribution >= 0.6 is 0 Å². The Balaban J connectivity index is 1.82. The van der Waals surface area contributed by atoms with Gasteiger partial charge in [-0.1, -0.05) is 13.0 Å². The molecule has 3 rings (SSSR count). The van der Waals surface area contributed by atoms with E-state index < -0.39 is 29.5 Å². The number of aryl methyl sites for hydroxylation is 1. The van der Waals surface area contributed by atoms with Crippen molar-refractivity contribution in [3.8, 4) is 0 Å². The molecule has 0 saturated carbocycles. The van der Waals surface area contributed by atoms with E-state index in [4.69, 9.17) is 0 Å². The van der Waals surface area contributed by atoms with Crippen LogP contribution in [0.2, 0.25) is 0 Å². The van der Waals surface area contributed by atoms with Gasteiger partial charge < -0.3 is 10.6 Å². The third-order valence-electron chi connectivity index (χ3n) is 3.90. The van der Waals surface area contributed by atoms with Crippen LogP contribution in [0, 0.1) is 11.6 Å². The molecule has 1 atom stereocenters. The highest BCUT2D eigenvalue weighted by Crippen LogP contribution is 2.29. The van der Waals surface area contributed by atoms with Crippen molar-refractivity contribution in [2.75, 3.05) is 10.6 Å². The van der Waals surface area contributed by atoms with Gasteiger partial charge in [-0.25, -0.2) is 8.78 Å². The fourth-order valence-electron chi connectivity index (χ4n) is 2.47. The number of aromatic amines is 1. The summed E-state index contributed by atoms with van der Waals surface area (Å²) in [4.78, 5) is 12.4. The van der Waals surface area contributed by atoms with Gasteiger partial charge in [-0.15, -0.1) is 0 Å². The van der Waals surface area contributed by atoms with Crippen LogP contribution in [0.4, 0.5) is 39.7 Å². The van der Waals surface area contributed by atoms with Gasteiger partial charge in [0.2, 0.25) is 11.9 Å². The lowest BCUT2D eigenvalue weighted by atomic mass is 10.1. The van der Waals surface area contributed by atoms with Crippen molar-refractivity contribution in [2.24, 2.45) is 0 Å². The Morgan fingerprint density at radius 2 is 1.79 bits per heavy atom. The second-order valence-corrected chi connectivity index (χ2v) is 6.07. The summed E-state index contributed by atoms with van der Waals surface area (Å²) in [6, 6.07) is 3.36. The molecule has 0 amide bonds. The zero-order valence-electron chi connectivity index (χ0n) is 15.3. The van der Waals surface area contributed by atoms with E-state index >= 15 is 0 Å². The molecule has 3 N–H and O–H groups in total. The Labute approximate surface area is 161 Å². The van der Waals surface area contributed by atoms with Crippen LogP contribution in [-0.4, -0.2) is 25.1 Å². The largest absolute Gasteiger partial charge is 0.432 e. The molecule has 0 bridgehead atoms. The first-order chi connectivity index (χ1) is 13.7. The quantitative estimate of drug-likeness (QED) is 0.520. The molecule has 1 unspecified atom stereocenters. The molecule has 29 heavy (non-hydrogen) atoms. The predicted octanol–water partition coefficient (Wildman–Crippen LogP) is 4.37. The standard InChI is InChI=1S/C17H16F5N7/c1-3-13-24-15(23-8(2)10-5-4-9(18)6-11(10)19)27-16(25-13)26-14-7-12(28-29-14)17(20,21)22/h4-8H,3H2,1-2H3,(H3,23,24,25,26,27,28,29). The fourth-order valence-corrected chi connectivity index (χ4v) is 2.47. The molecular weight excluding hydrogens is 397 g/mol. The summed E-state index contributed by atoms with van der Waals surface area (Å²) in [5.41, 5.74) is -0.829. The van der Waals surface area contributed by atoms with Crippen molar-refractivity contribution in [1.82, 2.24) is 25.1 Å². The Morgan fingerprint density at radius 1 is 1.07 bits per heavy atom. The van der Waals surface area contributed by atoms with Gasteiger partial charge >= 0.3 is 6.18 Å². The molecular formula is C17H16F5N7. The molecule has 12 heteroatoms. The van der Waals surface area contributed by atoms with Crippen molar-refractivity contribution in [2.45, 2.75) is 32.5 Å². The summed E-state index contributed by atoms with van der Waals surface area (Å²) in [5, 5.41) is 10.9. The highest BCUT2D eigenvalue weighted by Gasteiger charge is 2.33. The van der Waals surface area contributed by atoms with Crippen LogP contribution in [-0.2, 0) is 12.6 Å². The summed E-state index contributed by atoms with van der Waals surface area (Å²) in [6.07, 6.45) is -4.15. The number of benzene rings is 1. The van der Waals surface area contributed by atoms with Gasteiger partial charge in [0.1, 0.15) is 23.2 Å². The summed E-state index contributed by atoms with van der Waals surface area (Å²) < 4.78 is 65.1. The van der Waals surface area contributed by atoms with Gasteiger partial charge in [0, 0.05) is 24.1 Å². The second kappa shape index (κ2) is 7.97. The Hall–Kier alpha value is -3.31. The van der Waals surface area contributed by atoms with E-state index in [1.807, 2.05) is 5.10 Å². The normalized spacial score (nSPS) is 12.7. The zero-order valence-corrected chi connectivity index (χ0v) is 15.3. The minimum absolute atomic E-state index is 0.0358. The van der Waals surface area contributed by atoms with Crippen molar-refractivity contribution in [3.63, 3.8) is 0 Å². The van der Waals surface area contributed by atoms with E-state index in [0.717, 1.165) is 18.2 Å². The molecule has 2 heterocycles. The Bertz CT molecular complexity index is 1000. The summed E-state index contributed by atoms with van der Waals surface area (Å²) in [7, 11) is 0. The van der Waals surface area contributed by atoms with E-state index in [-0.39, 0.29) is 23.3 Å². The van der Waals surface area contributed by atoms with Crippen LogP contribution in [0.15, 0.2) is 24.3 Å². The van der Waals surface area contributed by atoms with E-state index in [9.17, 15) is 22.0 Å². The maximum atomic E-state index is 14.0. The minimum atomic E-state index is -4.57. The maximum Gasteiger partial charge on any atom is 0.432 e. The molecule has 0 spiro atoms. The number of hydrogen-bond acceptors (Lipinski definition) is 6. The number of aromatic nitrogens is 5. The summed E-state index contributed by atoms with van der Waals surface area (Å²) in [5.74, 6) is -1.18. The Morgan fingerprint density at radius 3 is 2.41 bits per heavy atom. The van der Waals surface area contributed by atoms with Crippen molar-refractivity contribution >= 4 is 17.7 Å². The SMILES string of the molecule is CCc1nc(Nc2cc(C(F)(F)F)[nH]n2)nc(NC(C)c2ccc(F)cc2F)n1. The topological polar surface area (TPSA) is 91.4 Å². The lowest BCUT2D eigenvalue weighted by molar-refractivity contribution is -0.141. The number of nitrogens with zero attached hydrogens (tertiary/aromatic N) is 4. The molecule has 7 nitrogen and oxygen atoms in total. The first kappa shape index (κ1) is 20.4. The fraction of sp³-hybridized carbons (Fsp3) is 0.294. The van der Waals surface area contributed by atoms with E-state index in [0.29, 0.717) is 12.2 Å².